The molecule has 33 heavy (non-hydrogen) atoms. The van der Waals surface area contributed by atoms with E-state index in [1.54, 1.807) is 20.8 Å². The Kier molecular flexibility index (Phi) is 5.88. The third-order valence-electron chi connectivity index (χ3n) is 6.13. The number of aliphatic carboxylic acids is 1. The lowest BCUT2D eigenvalue weighted by atomic mass is 9.94. The molecule has 3 N–H and O–H groups in total. The molecular formula is C25H28N2O6. The number of rotatable bonds is 4. The second kappa shape index (κ2) is 8.51. The lowest BCUT2D eigenvalue weighted by molar-refractivity contribution is -0.156. The van der Waals surface area contributed by atoms with Crippen molar-refractivity contribution in [2.45, 2.75) is 38.5 Å². The molecule has 1 unspecified atom stereocenters. The molecule has 0 bridgehead atoms. The summed E-state index contributed by atoms with van der Waals surface area (Å²) in [6.07, 6.45) is -1.95. The summed E-state index contributed by atoms with van der Waals surface area (Å²) in [5, 5.41) is 9.71. The van der Waals surface area contributed by atoms with E-state index in [-0.39, 0.29) is 19.1 Å². The van der Waals surface area contributed by atoms with Gasteiger partial charge in [0.2, 0.25) is 0 Å². The molecule has 1 heterocycles. The van der Waals surface area contributed by atoms with Gasteiger partial charge in [-0.1, -0.05) is 48.5 Å². The first-order chi connectivity index (χ1) is 15.6. The van der Waals surface area contributed by atoms with Gasteiger partial charge in [0.05, 0.1) is 12.1 Å². The fraction of sp³-hybridized carbons (Fsp3) is 0.400. The molecule has 2 aromatic rings. The van der Waals surface area contributed by atoms with Gasteiger partial charge in [0, 0.05) is 12.5 Å². The van der Waals surface area contributed by atoms with Crippen LogP contribution in [0.3, 0.4) is 0 Å². The van der Waals surface area contributed by atoms with E-state index in [1.165, 1.54) is 0 Å². The van der Waals surface area contributed by atoms with E-state index in [0.717, 1.165) is 27.2 Å². The number of amides is 1. The molecule has 174 valence electrons. The van der Waals surface area contributed by atoms with Gasteiger partial charge in [-0.25, -0.2) is 4.79 Å². The van der Waals surface area contributed by atoms with Crippen molar-refractivity contribution >= 4 is 18.0 Å². The zero-order valence-corrected chi connectivity index (χ0v) is 18.9. The topological polar surface area (TPSA) is 119 Å². The molecule has 0 saturated carbocycles. The summed E-state index contributed by atoms with van der Waals surface area (Å²) in [6, 6.07) is 15.9. The fourth-order valence-electron chi connectivity index (χ4n) is 4.65. The Balaban J connectivity index is 1.51. The summed E-state index contributed by atoms with van der Waals surface area (Å²) in [5.74, 6) is -4.47. The number of ether oxygens (including phenoxy) is 2. The summed E-state index contributed by atoms with van der Waals surface area (Å²) >= 11 is 0. The highest BCUT2D eigenvalue weighted by molar-refractivity contribution is 5.85. The maximum absolute atomic E-state index is 13.0. The van der Waals surface area contributed by atoms with Crippen LogP contribution in [0.25, 0.3) is 11.1 Å². The van der Waals surface area contributed by atoms with Crippen molar-refractivity contribution < 1.29 is 29.0 Å². The van der Waals surface area contributed by atoms with Crippen molar-refractivity contribution in [3.63, 3.8) is 0 Å². The maximum Gasteiger partial charge on any atom is 0.411 e. The summed E-state index contributed by atoms with van der Waals surface area (Å²) in [5.41, 5.74) is 9.57. The molecule has 3 atom stereocenters. The van der Waals surface area contributed by atoms with E-state index in [2.05, 4.69) is 0 Å². The standard InChI is InChI=1S/C25H28N2O6/c1-25(2,3)33-24(31)27-12-18(20(21(27)26)22(28)29)23(30)32-13-19-16-10-6-4-8-14(16)15-9-5-7-11-17(15)19/h4-11,18-21H,12-13,26H2,1-3H3,(H,28,29)/t18-,20-,21?/m1/s1. The van der Waals surface area contributed by atoms with Gasteiger partial charge in [0.1, 0.15) is 18.1 Å². The number of nitrogens with two attached hydrogens (primary N) is 1. The van der Waals surface area contributed by atoms with Crippen LogP contribution in [-0.2, 0) is 19.1 Å². The van der Waals surface area contributed by atoms with Crippen LogP contribution in [0.5, 0.6) is 0 Å². The molecule has 1 fully saturated rings. The Hall–Kier alpha value is -3.39. The number of carboxylic acids is 1. The van der Waals surface area contributed by atoms with Crippen molar-refractivity contribution in [2.75, 3.05) is 13.2 Å². The number of benzene rings is 2. The highest BCUT2D eigenvalue weighted by Gasteiger charge is 2.51. The lowest BCUT2D eigenvalue weighted by Crippen LogP contribution is -2.47. The highest BCUT2D eigenvalue weighted by Crippen LogP contribution is 2.44. The SMILES string of the molecule is CC(C)(C)OC(=O)N1C[C@@H](C(=O)OCC2c3ccccc3-c3ccccc32)[C@@H](C(=O)O)C1N. The van der Waals surface area contributed by atoms with Gasteiger partial charge in [-0.15, -0.1) is 0 Å². The molecule has 8 heteroatoms. The molecular weight excluding hydrogens is 424 g/mol. The van der Waals surface area contributed by atoms with Crippen LogP contribution >= 0.6 is 0 Å². The number of nitrogens with zero attached hydrogens (tertiary/aromatic N) is 1. The summed E-state index contributed by atoms with van der Waals surface area (Å²) in [7, 11) is 0. The van der Waals surface area contributed by atoms with Gasteiger partial charge in [0.15, 0.2) is 0 Å². The molecule has 4 rings (SSSR count). The number of carbonyl (C=O) groups is 3. The highest BCUT2D eigenvalue weighted by atomic mass is 16.6. The van der Waals surface area contributed by atoms with Crippen LogP contribution in [0.4, 0.5) is 4.79 Å². The Morgan fingerprint density at radius 1 is 1.03 bits per heavy atom. The number of esters is 1. The fourth-order valence-corrected chi connectivity index (χ4v) is 4.65. The van der Waals surface area contributed by atoms with Gasteiger partial charge in [-0.3, -0.25) is 14.5 Å². The first-order valence-electron chi connectivity index (χ1n) is 10.9. The van der Waals surface area contributed by atoms with Gasteiger partial charge in [0.25, 0.3) is 0 Å². The number of hydrogen-bond donors (Lipinski definition) is 2. The van der Waals surface area contributed by atoms with Gasteiger partial charge < -0.3 is 20.3 Å². The van der Waals surface area contributed by atoms with Crippen LogP contribution in [0.15, 0.2) is 48.5 Å². The molecule has 2 aliphatic rings. The molecule has 1 aliphatic heterocycles. The van der Waals surface area contributed by atoms with Crippen LogP contribution in [0, 0.1) is 11.8 Å². The first-order valence-corrected chi connectivity index (χ1v) is 10.9. The Morgan fingerprint density at radius 3 is 2.09 bits per heavy atom. The van der Waals surface area contributed by atoms with Crippen molar-refractivity contribution in [2.24, 2.45) is 17.6 Å². The summed E-state index contributed by atoms with van der Waals surface area (Å²) < 4.78 is 11.0. The molecule has 0 aromatic heterocycles. The molecule has 0 spiro atoms. The van der Waals surface area contributed by atoms with E-state index in [1.807, 2.05) is 48.5 Å². The Labute approximate surface area is 192 Å². The van der Waals surface area contributed by atoms with Crippen LogP contribution in [0.2, 0.25) is 0 Å². The van der Waals surface area contributed by atoms with Gasteiger partial charge in [-0.05, 0) is 43.0 Å². The lowest BCUT2D eigenvalue weighted by Gasteiger charge is -2.27. The molecule has 8 nitrogen and oxygen atoms in total. The third-order valence-corrected chi connectivity index (χ3v) is 6.13. The smallest absolute Gasteiger partial charge is 0.411 e. The number of fused-ring (bicyclic) bond motifs is 3. The minimum Gasteiger partial charge on any atom is -0.481 e. The van der Waals surface area contributed by atoms with Crippen LogP contribution in [0.1, 0.15) is 37.8 Å². The predicted molar refractivity (Wildman–Crippen MR) is 120 cm³/mol. The average molecular weight is 453 g/mol. The van der Waals surface area contributed by atoms with Crippen molar-refractivity contribution in [3.05, 3.63) is 59.7 Å². The second-order valence-electron chi connectivity index (χ2n) is 9.45. The number of carbonyl (C=O) groups excluding carboxylic acids is 2. The zero-order valence-electron chi connectivity index (χ0n) is 18.9. The Morgan fingerprint density at radius 2 is 1.58 bits per heavy atom. The van der Waals surface area contributed by atoms with Crippen LogP contribution < -0.4 is 5.73 Å². The number of likely N-dealkylation sites (tertiary alicyclic amines) is 1. The van der Waals surface area contributed by atoms with E-state index in [0.29, 0.717) is 0 Å². The minimum atomic E-state index is -1.28. The third kappa shape index (κ3) is 4.30. The molecule has 1 aliphatic carbocycles. The monoisotopic (exact) mass is 452 g/mol. The minimum absolute atomic E-state index is 0.0668. The van der Waals surface area contributed by atoms with Crippen molar-refractivity contribution in [1.29, 1.82) is 0 Å². The second-order valence-corrected chi connectivity index (χ2v) is 9.45. The number of carboxylic acid groups (broad SMARTS) is 1. The largest absolute Gasteiger partial charge is 0.481 e. The van der Waals surface area contributed by atoms with Crippen LogP contribution in [-0.4, -0.2) is 53.0 Å². The van der Waals surface area contributed by atoms with Crippen molar-refractivity contribution in [1.82, 2.24) is 4.90 Å². The first kappa shape index (κ1) is 22.8. The molecule has 0 radical (unpaired) electrons. The number of hydrogen-bond acceptors (Lipinski definition) is 6. The predicted octanol–water partition coefficient (Wildman–Crippen LogP) is 3.19. The maximum atomic E-state index is 13.0. The van der Waals surface area contributed by atoms with E-state index in [4.69, 9.17) is 15.2 Å². The molecule has 1 amide bonds. The molecule has 2 aromatic carbocycles. The zero-order chi connectivity index (χ0) is 23.9. The van der Waals surface area contributed by atoms with Gasteiger partial charge >= 0.3 is 18.0 Å². The normalized spacial score (nSPS) is 21.9. The van der Waals surface area contributed by atoms with E-state index < -0.39 is 41.6 Å². The van der Waals surface area contributed by atoms with E-state index in [9.17, 15) is 19.5 Å². The average Bonchev–Trinajstić information content (AvgIpc) is 3.26. The van der Waals surface area contributed by atoms with Crippen molar-refractivity contribution in [3.8, 4) is 11.1 Å². The summed E-state index contributed by atoms with van der Waals surface area (Å²) in [4.78, 5) is 38.5. The summed E-state index contributed by atoms with van der Waals surface area (Å²) in [6.45, 7) is 4.99. The Bertz CT molecular complexity index is 1050. The quantitative estimate of drug-likeness (QED) is 0.684. The van der Waals surface area contributed by atoms with E-state index >= 15 is 0 Å². The van der Waals surface area contributed by atoms with Gasteiger partial charge in [-0.2, -0.15) is 0 Å². The molecule has 1 saturated heterocycles.